The van der Waals surface area contributed by atoms with E-state index < -0.39 is 0 Å². The van der Waals surface area contributed by atoms with Crippen molar-refractivity contribution in [2.75, 3.05) is 27.2 Å². The van der Waals surface area contributed by atoms with Gasteiger partial charge in [-0.15, -0.1) is 24.0 Å². The Labute approximate surface area is 159 Å². The van der Waals surface area contributed by atoms with Crippen LogP contribution in [0.2, 0.25) is 0 Å². The lowest BCUT2D eigenvalue weighted by molar-refractivity contribution is -0.127. The fourth-order valence-corrected chi connectivity index (χ4v) is 2.73. The van der Waals surface area contributed by atoms with Gasteiger partial charge in [0, 0.05) is 26.7 Å². The number of aliphatic imine (C=N–C) groups is 1. The Bertz CT molecular complexity index is 353. The first-order valence-corrected chi connectivity index (χ1v) is 8.81. The highest BCUT2D eigenvalue weighted by Crippen LogP contribution is 2.26. The van der Waals surface area contributed by atoms with Gasteiger partial charge >= 0.3 is 0 Å². The lowest BCUT2D eigenvalue weighted by atomic mass is 9.84. The van der Waals surface area contributed by atoms with Crippen LogP contribution in [0.3, 0.4) is 0 Å². The van der Waals surface area contributed by atoms with Crippen LogP contribution in [-0.4, -0.2) is 50.0 Å². The molecular weight excluding hydrogens is 403 g/mol. The summed E-state index contributed by atoms with van der Waals surface area (Å²) >= 11 is 0. The van der Waals surface area contributed by atoms with Gasteiger partial charge in [0.2, 0.25) is 5.91 Å². The molecule has 1 saturated carbocycles. The molecule has 0 aromatic heterocycles. The summed E-state index contributed by atoms with van der Waals surface area (Å²) in [5.74, 6) is 1.72. The molecule has 2 N–H and O–H groups in total. The van der Waals surface area contributed by atoms with Crippen molar-refractivity contribution in [2.24, 2.45) is 10.9 Å². The van der Waals surface area contributed by atoms with Crippen molar-refractivity contribution in [1.29, 1.82) is 0 Å². The van der Waals surface area contributed by atoms with E-state index in [1.807, 2.05) is 0 Å². The van der Waals surface area contributed by atoms with E-state index in [1.165, 1.54) is 32.1 Å². The van der Waals surface area contributed by atoms with Crippen LogP contribution in [0.15, 0.2) is 4.99 Å². The van der Waals surface area contributed by atoms with E-state index in [2.05, 4.69) is 29.5 Å². The number of carbonyl (C=O) groups excluding carboxylic acids is 1. The molecule has 23 heavy (non-hydrogen) atoms. The van der Waals surface area contributed by atoms with Gasteiger partial charge in [0.1, 0.15) is 6.54 Å². The van der Waals surface area contributed by atoms with E-state index in [0.29, 0.717) is 6.04 Å². The van der Waals surface area contributed by atoms with E-state index in [9.17, 15) is 4.79 Å². The van der Waals surface area contributed by atoms with Crippen LogP contribution in [0.1, 0.15) is 58.8 Å². The molecule has 1 aliphatic carbocycles. The molecule has 0 saturated heterocycles. The Morgan fingerprint density at radius 1 is 1.17 bits per heavy atom. The molecule has 1 rings (SSSR count). The summed E-state index contributed by atoms with van der Waals surface area (Å²) in [4.78, 5) is 17.8. The van der Waals surface area contributed by atoms with Crippen LogP contribution in [-0.2, 0) is 4.79 Å². The van der Waals surface area contributed by atoms with Gasteiger partial charge in [0.25, 0.3) is 0 Å². The Balaban J connectivity index is 0.00000484. The van der Waals surface area contributed by atoms with Gasteiger partial charge in [0.05, 0.1) is 0 Å². The molecule has 0 radical (unpaired) electrons. The molecule has 6 heteroatoms. The number of nitrogens with one attached hydrogen (secondary N) is 2. The molecule has 1 amide bonds. The molecule has 0 bridgehead atoms. The van der Waals surface area contributed by atoms with Crippen LogP contribution in [0.4, 0.5) is 0 Å². The summed E-state index contributed by atoms with van der Waals surface area (Å²) in [7, 11) is 3.53. The first kappa shape index (κ1) is 22.5. The van der Waals surface area contributed by atoms with Gasteiger partial charge in [-0.25, -0.2) is 4.99 Å². The van der Waals surface area contributed by atoms with Gasteiger partial charge in [-0.05, 0) is 38.0 Å². The largest absolute Gasteiger partial charge is 0.356 e. The Kier molecular flexibility index (Phi) is 12.5. The number of hydrogen-bond acceptors (Lipinski definition) is 2. The molecule has 136 valence electrons. The number of likely N-dealkylation sites (N-methyl/N-ethyl adjacent to an activating group) is 1. The topological polar surface area (TPSA) is 56.7 Å². The van der Waals surface area contributed by atoms with Crippen molar-refractivity contribution >= 4 is 35.8 Å². The number of rotatable bonds is 7. The first-order chi connectivity index (χ1) is 10.6. The molecule has 0 atom stereocenters. The standard InChI is InChI=1S/C17H34N4O.HI/c1-5-7-12-18-17(19-13-16(22)21(3)4)20-15-10-8-14(6-2)9-11-15;/h14-15H,5-13H2,1-4H3,(H2,18,19,20);1H. The third-order valence-corrected chi connectivity index (χ3v) is 4.46. The molecule has 0 aromatic rings. The van der Waals surface area contributed by atoms with Gasteiger partial charge in [-0.3, -0.25) is 4.79 Å². The van der Waals surface area contributed by atoms with Crippen molar-refractivity contribution < 1.29 is 4.79 Å². The third-order valence-electron chi connectivity index (χ3n) is 4.46. The lowest BCUT2D eigenvalue weighted by Gasteiger charge is -2.29. The third kappa shape index (κ3) is 9.37. The Hall–Kier alpha value is -0.530. The van der Waals surface area contributed by atoms with E-state index >= 15 is 0 Å². The summed E-state index contributed by atoms with van der Waals surface area (Å²) in [6, 6.07) is 0.491. The molecule has 5 nitrogen and oxygen atoms in total. The van der Waals surface area contributed by atoms with Gasteiger partial charge in [-0.1, -0.05) is 26.7 Å². The van der Waals surface area contributed by atoms with Gasteiger partial charge in [0.15, 0.2) is 5.96 Å². The maximum Gasteiger partial charge on any atom is 0.243 e. The summed E-state index contributed by atoms with van der Waals surface area (Å²) < 4.78 is 0. The summed E-state index contributed by atoms with van der Waals surface area (Å²) in [5, 5.41) is 6.88. The average molecular weight is 438 g/mol. The first-order valence-electron chi connectivity index (χ1n) is 8.81. The number of unbranched alkanes of at least 4 members (excludes halogenated alkanes) is 1. The number of guanidine groups is 1. The zero-order chi connectivity index (χ0) is 16.4. The van der Waals surface area contributed by atoms with E-state index in [1.54, 1.807) is 19.0 Å². The molecular formula is C17H35IN4O. The van der Waals surface area contributed by atoms with Crippen molar-refractivity contribution in [1.82, 2.24) is 15.5 Å². The SMILES string of the molecule is CCCCNC(=NCC(=O)N(C)C)NC1CCC(CC)CC1.I. The number of nitrogens with zero attached hydrogens (tertiary/aromatic N) is 2. The molecule has 0 unspecified atom stereocenters. The van der Waals surface area contributed by atoms with Crippen molar-refractivity contribution in [3.8, 4) is 0 Å². The maximum absolute atomic E-state index is 11.7. The zero-order valence-electron chi connectivity index (χ0n) is 15.2. The quantitative estimate of drug-likeness (QED) is 0.278. The second-order valence-electron chi connectivity index (χ2n) is 6.50. The second-order valence-corrected chi connectivity index (χ2v) is 6.50. The van der Waals surface area contributed by atoms with E-state index in [0.717, 1.165) is 31.3 Å². The summed E-state index contributed by atoms with van der Waals surface area (Å²) in [6.45, 7) is 5.57. The monoisotopic (exact) mass is 438 g/mol. The number of carbonyl (C=O) groups is 1. The molecule has 0 spiro atoms. The zero-order valence-corrected chi connectivity index (χ0v) is 17.6. The Morgan fingerprint density at radius 2 is 1.83 bits per heavy atom. The molecule has 1 fully saturated rings. The van der Waals surface area contributed by atoms with Crippen molar-refractivity contribution in [2.45, 2.75) is 64.8 Å². The minimum atomic E-state index is 0. The van der Waals surface area contributed by atoms with Gasteiger partial charge in [-0.2, -0.15) is 0 Å². The second kappa shape index (κ2) is 12.8. The molecule has 0 aromatic carbocycles. The van der Waals surface area contributed by atoms with Crippen molar-refractivity contribution in [3.63, 3.8) is 0 Å². The highest BCUT2D eigenvalue weighted by Gasteiger charge is 2.20. The smallest absolute Gasteiger partial charge is 0.243 e. The number of halogens is 1. The molecule has 1 aliphatic rings. The van der Waals surface area contributed by atoms with Crippen LogP contribution < -0.4 is 10.6 Å². The van der Waals surface area contributed by atoms with Crippen LogP contribution in [0.5, 0.6) is 0 Å². The fourth-order valence-electron chi connectivity index (χ4n) is 2.73. The predicted molar refractivity (Wildman–Crippen MR) is 108 cm³/mol. The van der Waals surface area contributed by atoms with Crippen molar-refractivity contribution in [3.05, 3.63) is 0 Å². The normalized spacial score (nSPS) is 21.3. The highest BCUT2D eigenvalue weighted by atomic mass is 127. The maximum atomic E-state index is 11.7. The van der Waals surface area contributed by atoms with E-state index in [4.69, 9.17) is 0 Å². The lowest BCUT2D eigenvalue weighted by Crippen LogP contribution is -2.45. The minimum Gasteiger partial charge on any atom is -0.356 e. The fraction of sp³-hybridized carbons (Fsp3) is 0.882. The Morgan fingerprint density at radius 3 is 2.35 bits per heavy atom. The molecule has 0 aliphatic heterocycles. The van der Waals surface area contributed by atoms with E-state index in [-0.39, 0.29) is 36.4 Å². The summed E-state index contributed by atoms with van der Waals surface area (Å²) in [6.07, 6.45) is 8.56. The molecule has 0 heterocycles. The highest BCUT2D eigenvalue weighted by molar-refractivity contribution is 14.0. The van der Waals surface area contributed by atoms with Gasteiger partial charge < -0.3 is 15.5 Å². The average Bonchev–Trinajstić information content (AvgIpc) is 2.52. The summed E-state index contributed by atoms with van der Waals surface area (Å²) in [5.41, 5.74) is 0. The number of amides is 1. The van der Waals surface area contributed by atoms with Crippen LogP contribution in [0.25, 0.3) is 0 Å². The van der Waals surface area contributed by atoms with Crippen LogP contribution >= 0.6 is 24.0 Å². The predicted octanol–water partition coefficient (Wildman–Crippen LogP) is 3.00. The number of hydrogen-bond donors (Lipinski definition) is 2. The minimum absolute atomic E-state index is 0. The van der Waals surface area contributed by atoms with Crippen LogP contribution in [0, 0.1) is 5.92 Å².